The molecule has 1 aliphatic heterocycles. The molecule has 8 nitrogen and oxygen atoms in total. The van der Waals surface area contributed by atoms with Crippen molar-refractivity contribution >= 4 is 34.9 Å². The SMILES string of the molecule is CCc1ccc(Nc2cc(C)ncn2)cc1NC(=O)CCCN1C(=O)c2ccccc2C1=O. The summed E-state index contributed by atoms with van der Waals surface area (Å²) < 4.78 is 0. The summed E-state index contributed by atoms with van der Waals surface area (Å²) >= 11 is 0. The summed E-state index contributed by atoms with van der Waals surface area (Å²) in [5.41, 5.74) is 4.22. The number of aromatic nitrogens is 2. The molecule has 0 radical (unpaired) electrons. The highest BCUT2D eigenvalue weighted by atomic mass is 16.2. The van der Waals surface area contributed by atoms with Crippen LogP contribution < -0.4 is 10.6 Å². The van der Waals surface area contributed by atoms with Gasteiger partial charge in [-0.2, -0.15) is 0 Å². The topological polar surface area (TPSA) is 104 Å². The van der Waals surface area contributed by atoms with E-state index in [1.54, 1.807) is 24.3 Å². The van der Waals surface area contributed by atoms with Crippen LogP contribution in [0.3, 0.4) is 0 Å². The Balaban J connectivity index is 1.36. The van der Waals surface area contributed by atoms with Crippen LogP contribution in [0.5, 0.6) is 0 Å². The minimum atomic E-state index is -0.303. The summed E-state index contributed by atoms with van der Waals surface area (Å²) in [6.07, 6.45) is 2.84. The first-order valence-corrected chi connectivity index (χ1v) is 10.9. The first kappa shape index (κ1) is 22.1. The fourth-order valence-corrected chi connectivity index (χ4v) is 3.80. The first-order chi connectivity index (χ1) is 16.0. The van der Waals surface area contributed by atoms with Crippen LogP contribution in [0.15, 0.2) is 54.9 Å². The Morgan fingerprint density at radius 1 is 1.00 bits per heavy atom. The van der Waals surface area contributed by atoms with E-state index in [4.69, 9.17) is 0 Å². The van der Waals surface area contributed by atoms with E-state index in [0.29, 0.717) is 23.4 Å². The van der Waals surface area contributed by atoms with E-state index in [0.717, 1.165) is 29.1 Å². The molecule has 0 unspecified atom stereocenters. The molecule has 3 aromatic rings. The molecule has 2 aromatic carbocycles. The zero-order valence-electron chi connectivity index (χ0n) is 18.6. The maximum Gasteiger partial charge on any atom is 0.261 e. The number of carbonyl (C=O) groups excluding carboxylic acids is 3. The van der Waals surface area contributed by atoms with E-state index in [1.165, 1.54) is 11.2 Å². The predicted octanol–water partition coefficient (Wildman–Crippen LogP) is 4.11. The van der Waals surface area contributed by atoms with E-state index in [-0.39, 0.29) is 30.7 Å². The Bertz CT molecular complexity index is 1190. The Morgan fingerprint density at radius 3 is 2.39 bits per heavy atom. The maximum atomic E-state index is 12.6. The minimum Gasteiger partial charge on any atom is -0.340 e. The lowest BCUT2D eigenvalue weighted by atomic mass is 10.1. The molecule has 8 heteroatoms. The number of imide groups is 1. The van der Waals surface area contributed by atoms with E-state index in [9.17, 15) is 14.4 Å². The van der Waals surface area contributed by atoms with Gasteiger partial charge in [0.25, 0.3) is 11.8 Å². The number of benzene rings is 2. The van der Waals surface area contributed by atoms with Crippen molar-refractivity contribution in [2.24, 2.45) is 0 Å². The van der Waals surface area contributed by atoms with Crippen LogP contribution in [0.1, 0.15) is 51.7 Å². The molecule has 3 amide bonds. The summed E-state index contributed by atoms with van der Waals surface area (Å²) in [5, 5.41) is 6.19. The van der Waals surface area contributed by atoms with Gasteiger partial charge in [-0.3, -0.25) is 19.3 Å². The van der Waals surface area contributed by atoms with Crippen LogP contribution in [0.4, 0.5) is 17.2 Å². The molecular formula is C25H25N5O3. The number of nitrogens with one attached hydrogen (secondary N) is 2. The summed E-state index contributed by atoms with van der Waals surface area (Å²) in [7, 11) is 0. The fraction of sp³-hybridized carbons (Fsp3) is 0.240. The normalized spacial score (nSPS) is 12.6. The average Bonchev–Trinajstić information content (AvgIpc) is 3.04. The Kier molecular flexibility index (Phi) is 6.44. The van der Waals surface area contributed by atoms with Crippen molar-refractivity contribution in [1.29, 1.82) is 0 Å². The van der Waals surface area contributed by atoms with Crippen LogP contribution in [0.2, 0.25) is 0 Å². The lowest BCUT2D eigenvalue weighted by Gasteiger charge is -2.15. The summed E-state index contributed by atoms with van der Waals surface area (Å²) in [6, 6.07) is 14.4. The fourth-order valence-electron chi connectivity index (χ4n) is 3.80. The molecule has 0 aliphatic carbocycles. The lowest BCUT2D eigenvalue weighted by Crippen LogP contribution is -2.31. The van der Waals surface area contributed by atoms with Gasteiger partial charge in [0.1, 0.15) is 12.1 Å². The van der Waals surface area contributed by atoms with Gasteiger partial charge in [0, 0.05) is 36.1 Å². The molecule has 2 heterocycles. The lowest BCUT2D eigenvalue weighted by molar-refractivity contribution is -0.116. The van der Waals surface area contributed by atoms with Crippen molar-refractivity contribution < 1.29 is 14.4 Å². The number of aryl methyl sites for hydroxylation is 2. The second-order valence-electron chi connectivity index (χ2n) is 7.85. The van der Waals surface area contributed by atoms with Gasteiger partial charge in [-0.25, -0.2) is 9.97 Å². The van der Waals surface area contributed by atoms with Crippen molar-refractivity contribution in [2.45, 2.75) is 33.1 Å². The van der Waals surface area contributed by atoms with Crippen molar-refractivity contribution in [3.63, 3.8) is 0 Å². The van der Waals surface area contributed by atoms with Crippen LogP contribution in [0, 0.1) is 6.92 Å². The van der Waals surface area contributed by atoms with Crippen LogP contribution in [0.25, 0.3) is 0 Å². The summed E-state index contributed by atoms with van der Waals surface area (Å²) in [6.45, 7) is 4.11. The molecule has 4 rings (SSSR count). The molecule has 1 aromatic heterocycles. The molecule has 168 valence electrons. The molecule has 0 bridgehead atoms. The largest absolute Gasteiger partial charge is 0.340 e. The van der Waals surface area contributed by atoms with Crippen LogP contribution in [-0.4, -0.2) is 39.1 Å². The zero-order chi connectivity index (χ0) is 23.4. The average molecular weight is 444 g/mol. The van der Waals surface area contributed by atoms with Crippen molar-refractivity contribution in [2.75, 3.05) is 17.2 Å². The van der Waals surface area contributed by atoms with E-state index >= 15 is 0 Å². The second kappa shape index (κ2) is 9.60. The van der Waals surface area contributed by atoms with Gasteiger partial charge >= 0.3 is 0 Å². The molecule has 2 N–H and O–H groups in total. The number of hydrogen-bond acceptors (Lipinski definition) is 6. The van der Waals surface area contributed by atoms with E-state index in [1.807, 2.05) is 38.1 Å². The van der Waals surface area contributed by atoms with Gasteiger partial charge in [0.2, 0.25) is 5.91 Å². The molecular weight excluding hydrogens is 418 g/mol. The van der Waals surface area contributed by atoms with Crippen LogP contribution >= 0.6 is 0 Å². The number of rotatable bonds is 8. The quantitative estimate of drug-likeness (QED) is 0.508. The number of carbonyl (C=O) groups is 3. The highest BCUT2D eigenvalue weighted by Crippen LogP contribution is 2.25. The smallest absolute Gasteiger partial charge is 0.261 e. The predicted molar refractivity (Wildman–Crippen MR) is 126 cm³/mol. The molecule has 1 aliphatic rings. The van der Waals surface area contributed by atoms with Gasteiger partial charge in [0.05, 0.1) is 11.1 Å². The standard InChI is InChI=1S/C25H25N5O3/c1-3-17-10-11-18(28-22-13-16(2)26-15-27-22)14-21(17)29-23(31)9-6-12-30-24(32)19-7-4-5-8-20(19)25(30)33/h4-5,7-8,10-11,13-15H,3,6,9,12H2,1-2H3,(H,29,31)(H,26,27,28). The molecule has 0 fully saturated rings. The molecule has 33 heavy (non-hydrogen) atoms. The third-order valence-corrected chi connectivity index (χ3v) is 5.50. The molecule has 0 atom stereocenters. The number of amides is 3. The van der Waals surface area contributed by atoms with Gasteiger partial charge in [0.15, 0.2) is 0 Å². The highest BCUT2D eigenvalue weighted by molar-refractivity contribution is 6.21. The van der Waals surface area contributed by atoms with Crippen LogP contribution in [-0.2, 0) is 11.2 Å². The number of hydrogen-bond donors (Lipinski definition) is 2. The Hall–Kier alpha value is -4.07. The molecule has 0 saturated heterocycles. The maximum absolute atomic E-state index is 12.6. The van der Waals surface area contributed by atoms with Crippen molar-refractivity contribution in [3.8, 4) is 0 Å². The monoisotopic (exact) mass is 443 g/mol. The number of anilines is 3. The highest BCUT2D eigenvalue weighted by Gasteiger charge is 2.34. The first-order valence-electron chi connectivity index (χ1n) is 10.9. The Labute approximate surface area is 192 Å². The van der Waals surface area contributed by atoms with Gasteiger partial charge < -0.3 is 10.6 Å². The second-order valence-corrected chi connectivity index (χ2v) is 7.85. The zero-order valence-corrected chi connectivity index (χ0v) is 18.6. The van der Waals surface area contributed by atoms with Gasteiger partial charge in [-0.05, 0) is 49.6 Å². The molecule has 0 spiro atoms. The summed E-state index contributed by atoms with van der Waals surface area (Å²) in [4.78, 5) is 47.0. The third kappa shape index (κ3) is 4.90. The van der Waals surface area contributed by atoms with E-state index in [2.05, 4.69) is 20.6 Å². The van der Waals surface area contributed by atoms with Gasteiger partial charge in [-0.1, -0.05) is 25.1 Å². The van der Waals surface area contributed by atoms with E-state index < -0.39 is 0 Å². The summed E-state index contributed by atoms with van der Waals surface area (Å²) in [5.74, 6) is -0.104. The molecule has 0 saturated carbocycles. The Morgan fingerprint density at radius 2 is 1.73 bits per heavy atom. The number of nitrogens with zero attached hydrogens (tertiary/aromatic N) is 3. The number of fused-ring (bicyclic) bond motifs is 1. The van der Waals surface area contributed by atoms with Crippen molar-refractivity contribution in [1.82, 2.24) is 14.9 Å². The minimum absolute atomic E-state index is 0.170. The van der Waals surface area contributed by atoms with Crippen molar-refractivity contribution in [3.05, 3.63) is 77.2 Å². The third-order valence-electron chi connectivity index (χ3n) is 5.50. The van der Waals surface area contributed by atoms with Gasteiger partial charge in [-0.15, -0.1) is 0 Å².